The highest BCUT2D eigenvalue weighted by Crippen LogP contribution is 2.05. The first-order chi connectivity index (χ1) is 7.03. The molecule has 0 saturated carbocycles. The molecule has 0 fully saturated rings. The Bertz CT molecular complexity index is 328. The quantitative estimate of drug-likeness (QED) is 0.347. The van der Waals surface area contributed by atoms with Crippen molar-refractivity contribution in [3.8, 4) is 0 Å². The Morgan fingerprint density at radius 2 is 1.87 bits per heavy atom. The molecule has 1 aromatic rings. The molecule has 1 rings (SSSR count). The highest BCUT2D eigenvalue weighted by Gasteiger charge is 2.15. The van der Waals surface area contributed by atoms with Crippen LogP contribution in [-0.4, -0.2) is 31.6 Å². The van der Waals surface area contributed by atoms with Crippen LogP contribution in [0.2, 0.25) is 0 Å². The maximum atomic E-state index is 4.11. The first-order valence-electron chi connectivity index (χ1n) is 5.12. The van der Waals surface area contributed by atoms with Crippen molar-refractivity contribution >= 4 is 5.84 Å². The van der Waals surface area contributed by atoms with Gasteiger partial charge in [0.2, 0.25) is 0 Å². The summed E-state index contributed by atoms with van der Waals surface area (Å²) in [5.74, 6) is 0.955. The molecule has 0 aliphatic rings. The van der Waals surface area contributed by atoms with Gasteiger partial charge in [-0.1, -0.05) is 30.3 Å². The third-order valence-electron chi connectivity index (χ3n) is 2.22. The van der Waals surface area contributed by atoms with Crippen LogP contribution in [-0.2, 0) is 6.54 Å². The number of benzene rings is 1. The first-order valence-corrected chi connectivity index (χ1v) is 5.12. The molecule has 0 spiro atoms. The van der Waals surface area contributed by atoms with Gasteiger partial charge in [0.05, 0.1) is 14.1 Å². The third-order valence-corrected chi connectivity index (χ3v) is 2.22. The Hall–Kier alpha value is -1.35. The Balaban J connectivity index is 2.64. The van der Waals surface area contributed by atoms with Crippen molar-refractivity contribution in [2.45, 2.75) is 13.5 Å². The summed E-state index contributed by atoms with van der Waals surface area (Å²) in [5, 5.41) is 0. The van der Waals surface area contributed by atoms with Crippen LogP contribution in [0.3, 0.4) is 0 Å². The van der Waals surface area contributed by atoms with Crippen molar-refractivity contribution in [1.29, 1.82) is 0 Å². The minimum Gasteiger partial charge on any atom is -0.272 e. The molecule has 3 heteroatoms. The van der Waals surface area contributed by atoms with Gasteiger partial charge in [-0.15, -0.1) is 0 Å². The number of nitrogens with one attached hydrogen (secondary N) is 1. The van der Waals surface area contributed by atoms with E-state index in [1.807, 2.05) is 13.0 Å². The zero-order valence-corrected chi connectivity index (χ0v) is 9.99. The fraction of sp³-hybridized carbons (Fsp3) is 0.417. The van der Waals surface area contributed by atoms with E-state index >= 15 is 0 Å². The van der Waals surface area contributed by atoms with Crippen molar-refractivity contribution in [2.24, 2.45) is 4.99 Å². The summed E-state index contributed by atoms with van der Waals surface area (Å²) >= 11 is 0. The summed E-state index contributed by atoms with van der Waals surface area (Å²) in [6, 6.07) is 10.4. The van der Waals surface area contributed by atoms with Gasteiger partial charge in [0, 0.05) is 12.6 Å². The second-order valence-electron chi connectivity index (χ2n) is 4.25. The minimum absolute atomic E-state index is 0.702. The fourth-order valence-corrected chi connectivity index (χ4v) is 1.57. The molecule has 0 bridgehead atoms. The first kappa shape index (κ1) is 11.7. The molecule has 0 aliphatic carbocycles. The molecule has 1 aromatic carbocycles. The van der Waals surface area contributed by atoms with Crippen LogP contribution in [0.4, 0.5) is 0 Å². The molecule has 0 heterocycles. The predicted octanol–water partition coefficient (Wildman–Crippen LogP) is 1.82. The van der Waals surface area contributed by atoms with Gasteiger partial charge in [0.1, 0.15) is 12.4 Å². The van der Waals surface area contributed by atoms with E-state index in [9.17, 15) is 0 Å². The molecule has 15 heavy (non-hydrogen) atoms. The van der Waals surface area contributed by atoms with Crippen LogP contribution < -0.4 is 5.43 Å². The van der Waals surface area contributed by atoms with E-state index in [-0.39, 0.29) is 0 Å². The van der Waals surface area contributed by atoms with Crippen LogP contribution in [0.1, 0.15) is 12.5 Å². The van der Waals surface area contributed by atoms with Crippen LogP contribution in [0.5, 0.6) is 0 Å². The number of aliphatic imine (C=N–C) groups is 1. The molecule has 3 nitrogen and oxygen atoms in total. The summed E-state index contributed by atoms with van der Waals surface area (Å²) in [6.07, 6.45) is 0. The van der Waals surface area contributed by atoms with Crippen LogP contribution in [0, 0.1) is 0 Å². The minimum atomic E-state index is 0.702. The van der Waals surface area contributed by atoms with Gasteiger partial charge in [-0.3, -0.25) is 4.99 Å². The zero-order chi connectivity index (χ0) is 11.3. The van der Waals surface area contributed by atoms with E-state index in [0.29, 0.717) is 4.59 Å². The van der Waals surface area contributed by atoms with Gasteiger partial charge in [-0.2, -0.15) is 0 Å². The van der Waals surface area contributed by atoms with Crippen LogP contribution >= 0.6 is 0 Å². The average Bonchev–Trinajstić information content (AvgIpc) is 2.17. The predicted molar refractivity (Wildman–Crippen MR) is 64.4 cm³/mol. The van der Waals surface area contributed by atoms with Crippen LogP contribution in [0.25, 0.3) is 0 Å². The van der Waals surface area contributed by atoms with E-state index in [0.717, 1.165) is 12.4 Å². The summed E-state index contributed by atoms with van der Waals surface area (Å²) in [7, 11) is 6.05. The molecular weight excluding hydrogens is 186 g/mol. The van der Waals surface area contributed by atoms with E-state index in [4.69, 9.17) is 0 Å². The van der Waals surface area contributed by atoms with Crippen molar-refractivity contribution in [2.75, 3.05) is 21.1 Å². The number of amidine groups is 1. The van der Waals surface area contributed by atoms with E-state index < -0.39 is 0 Å². The average molecular weight is 206 g/mol. The standard InChI is InChI=1S/C12H20N3/c1-11(13-2)14-15(3,4)10-12-8-6-5-7-9-12/h5-9H,10H2,1-4H3,(H,13,14)/q+1. The molecular formula is C12H20N3+. The summed E-state index contributed by atoms with van der Waals surface area (Å²) < 4.78 is 0.702. The van der Waals surface area contributed by atoms with Gasteiger partial charge >= 0.3 is 0 Å². The highest BCUT2D eigenvalue weighted by atomic mass is 15.6. The smallest absolute Gasteiger partial charge is 0.142 e. The van der Waals surface area contributed by atoms with Gasteiger partial charge in [0.15, 0.2) is 0 Å². The van der Waals surface area contributed by atoms with Crippen molar-refractivity contribution in [3.05, 3.63) is 35.9 Å². The van der Waals surface area contributed by atoms with E-state index in [1.165, 1.54) is 5.56 Å². The molecule has 0 atom stereocenters. The molecule has 0 amide bonds. The maximum absolute atomic E-state index is 4.11. The monoisotopic (exact) mass is 206 g/mol. The molecule has 82 valence electrons. The Labute approximate surface area is 92.0 Å². The lowest BCUT2D eigenvalue weighted by molar-refractivity contribution is -0.936. The number of nitrogens with zero attached hydrogens (tertiary/aromatic N) is 2. The van der Waals surface area contributed by atoms with Gasteiger partial charge < -0.3 is 0 Å². The van der Waals surface area contributed by atoms with Crippen molar-refractivity contribution < 1.29 is 4.59 Å². The Morgan fingerprint density at radius 1 is 1.27 bits per heavy atom. The highest BCUT2D eigenvalue weighted by molar-refractivity contribution is 5.78. The molecule has 1 N–H and O–H groups in total. The molecule has 0 aromatic heterocycles. The topological polar surface area (TPSA) is 24.4 Å². The number of hydrogen-bond donors (Lipinski definition) is 1. The fourth-order valence-electron chi connectivity index (χ4n) is 1.57. The SMILES string of the molecule is CN=C(C)N[N+](C)(C)Cc1ccccc1. The van der Waals surface area contributed by atoms with Gasteiger partial charge in [0.25, 0.3) is 0 Å². The maximum Gasteiger partial charge on any atom is 0.142 e. The molecule has 0 saturated heterocycles. The van der Waals surface area contributed by atoms with E-state index in [2.05, 4.69) is 48.8 Å². The van der Waals surface area contributed by atoms with E-state index in [1.54, 1.807) is 7.05 Å². The normalized spacial score (nSPS) is 12.7. The second-order valence-corrected chi connectivity index (χ2v) is 4.25. The largest absolute Gasteiger partial charge is 0.272 e. The number of quaternary nitrogens is 1. The van der Waals surface area contributed by atoms with Crippen molar-refractivity contribution in [3.63, 3.8) is 0 Å². The third kappa shape index (κ3) is 4.13. The zero-order valence-electron chi connectivity index (χ0n) is 9.99. The lowest BCUT2D eigenvalue weighted by Crippen LogP contribution is -2.52. The lowest BCUT2D eigenvalue weighted by Gasteiger charge is -2.29. The molecule has 0 unspecified atom stereocenters. The van der Waals surface area contributed by atoms with Crippen LogP contribution in [0.15, 0.2) is 35.3 Å². The Morgan fingerprint density at radius 3 is 2.40 bits per heavy atom. The summed E-state index contributed by atoms with van der Waals surface area (Å²) in [6.45, 7) is 2.92. The molecule has 0 radical (unpaired) electrons. The molecule has 0 aliphatic heterocycles. The Kier molecular flexibility index (Phi) is 3.86. The summed E-state index contributed by atoms with van der Waals surface area (Å²) in [5.41, 5.74) is 4.66. The number of hydrogen-bond acceptors (Lipinski definition) is 1. The van der Waals surface area contributed by atoms with Crippen molar-refractivity contribution in [1.82, 2.24) is 5.43 Å². The van der Waals surface area contributed by atoms with Gasteiger partial charge in [-0.25, -0.2) is 10.0 Å². The summed E-state index contributed by atoms with van der Waals surface area (Å²) in [4.78, 5) is 4.11. The number of rotatable bonds is 3. The van der Waals surface area contributed by atoms with Gasteiger partial charge in [-0.05, 0) is 6.92 Å². The lowest BCUT2D eigenvalue weighted by atomic mass is 10.2. The second kappa shape index (κ2) is 4.94.